The Bertz CT molecular complexity index is 513. The second kappa shape index (κ2) is 4.99. The third kappa shape index (κ3) is 2.64. The molecule has 0 radical (unpaired) electrons. The topological polar surface area (TPSA) is 29.1 Å². The smallest absolute Gasteiger partial charge is 0.256 e. The van der Waals surface area contributed by atoms with Crippen molar-refractivity contribution in [3.63, 3.8) is 0 Å². The predicted octanol–water partition coefficient (Wildman–Crippen LogP) is 4.42. The number of halogens is 2. The largest absolute Gasteiger partial charge is 0.322 e. The summed E-state index contributed by atoms with van der Waals surface area (Å²) in [7, 11) is 0. The Morgan fingerprint density at radius 3 is 2.81 bits per heavy atom. The zero-order chi connectivity index (χ0) is 11.5. The molecule has 0 atom stereocenters. The van der Waals surface area contributed by atoms with Crippen LogP contribution in [0.25, 0.3) is 0 Å². The van der Waals surface area contributed by atoms with Crippen molar-refractivity contribution < 1.29 is 4.79 Å². The summed E-state index contributed by atoms with van der Waals surface area (Å²) in [5.74, 6) is -0.125. The van der Waals surface area contributed by atoms with Gasteiger partial charge in [-0.1, -0.05) is 11.6 Å². The first-order valence-electron chi connectivity index (χ1n) is 4.45. The Hall–Kier alpha value is -0.840. The molecular formula is C11H7BrClNOS. The summed E-state index contributed by atoms with van der Waals surface area (Å²) >= 11 is 10.7. The van der Waals surface area contributed by atoms with Crippen molar-refractivity contribution in [3.8, 4) is 0 Å². The molecule has 2 aromatic rings. The average Bonchev–Trinajstić information content (AvgIpc) is 2.77. The molecule has 0 bridgehead atoms. The van der Waals surface area contributed by atoms with Gasteiger partial charge in [-0.25, -0.2) is 0 Å². The van der Waals surface area contributed by atoms with Crippen LogP contribution in [0.4, 0.5) is 5.69 Å². The molecule has 5 heteroatoms. The summed E-state index contributed by atoms with van der Waals surface area (Å²) in [5.41, 5.74) is 1.34. The molecule has 2 rings (SSSR count). The summed E-state index contributed by atoms with van der Waals surface area (Å²) in [6, 6.07) is 7.07. The van der Waals surface area contributed by atoms with Crippen LogP contribution >= 0.6 is 38.9 Å². The standard InChI is InChI=1S/C11H7BrClNOS/c12-9-2-1-8(5-10(9)13)14-11(15)7-3-4-16-6-7/h1-6H,(H,14,15). The molecule has 2 nitrogen and oxygen atoms in total. The Balaban J connectivity index is 2.15. The first-order valence-corrected chi connectivity index (χ1v) is 6.57. The molecule has 16 heavy (non-hydrogen) atoms. The number of thiophene rings is 1. The first-order chi connectivity index (χ1) is 7.66. The van der Waals surface area contributed by atoms with Crippen molar-refractivity contribution in [1.29, 1.82) is 0 Å². The van der Waals surface area contributed by atoms with Crippen molar-refractivity contribution in [2.45, 2.75) is 0 Å². The van der Waals surface area contributed by atoms with Gasteiger partial charge in [-0.2, -0.15) is 11.3 Å². The number of nitrogens with one attached hydrogen (secondary N) is 1. The molecule has 1 amide bonds. The fourth-order valence-electron chi connectivity index (χ4n) is 1.17. The zero-order valence-electron chi connectivity index (χ0n) is 8.04. The Labute approximate surface area is 110 Å². The maximum Gasteiger partial charge on any atom is 0.256 e. The Morgan fingerprint density at radius 2 is 2.19 bits per heavy atom. The maximum atomic E-state index is 11.7. The third-order valence-electron chi connectivity index (χ3n) is 1.96. The zero-order valence-corrected chi connectivity index (χ0v) is 11.2. The monoisotopic (exact) mass is 315 g/mol. The molecule has 0 aliphatic rings. The number of carbonyl (C=O) groups is 1. The van der Waals surface area contributed by atoms with Crippen molar-refractivity contribution >= 4 is 50.5 Å². The number of carbonyl (C=O) groups excluding carboxylic acids is 1. The van der Waals surface area contributed by atoms with Crippen LogP contribution in [0.1, 0.15) is 10.4 Å². The Morgan fingerprint density at radius 1 is 1.38 bits per heavy atom. The molecule has 0 aliphatic carbocycles. The molecule has 82 valence electrons. The highest BCUT2D eigenvalue weighted by Crippen LogP contribution is 2.25. The maximum absolute atomic E-state index is 11.7. The molecule has 0 saturated heterocycles. The van der Waals surface area contributed by atoms with E-state index < -0.39 is 0 Å². The summed E-state index contributed by atoms with van der Waals surface area (Å²) in [4.78, 5) is 11.7. The van der Waals surface area contributed by atoms with Gasteiger partial charge < -0.3 is 5.32 Å². The highest BCUT2D eigenvalue weighted by Gasteiger charge is 2.07. The molecule has 0 saturated carbocycles. The van der Waals surface area contributed by atoms with Crippen molar-refractivity contribution in [1.82, 2.24) is 0 Å². The Kier molecular flexibility index (Phi) is 3.63. The van der Waals surface area contributed by atoms with E-state index in [9.17, 15) is 4.79 Å². The summed E-state index contributed by atoms with van der Waals surface area (Å²) in [6.07, 6.45) is 0. The lowest BCUT2D eigenvalue weighted by Crippen LogP contribution is -2.10. The molecule has 1 aromatic heterocycles. The van der Waals surface area contributed by atoms with Gasteiger partial charge in [0.25, 0.3) is 5.91 Å². The van der Waals surface area contributed by atoms with Gasteiger partial charge in [0.2, 0.25) is 0 Å². The normalized spacial score (nSPS) is 10.1. The van der Waals surface area contributed by atoms with Crippen molar-refractivity contribution in [3.05, 3.63) is 50.1 Å². The average molecular weight is 317 g/mol. The number of hydrogen-bond acceptors (Lipinski definition) is 2. The van der Waals surface area contributed by atoms with E-state index in [1.54, 1.807) is 29.6 Å². The van der Waals surface area contributed by atoms with Crippen LogP contribution in [0.3, 0.4) is 0 Å². The molecule has 0 spiro atoms. The SMILES string of the molecule is O=C(Nc1ccc(Br)c(Cl)c1)c1ccsc1. The van der Waals surface area contributed by atoms with Crippen LogP contribution in [0.5, 0.6) is 0 Å². The molecule has 1 N–H and O–H groups in total. The fraction of sp³-hybridized carbons (Fsp3) is 0. The highest BCUT2D eigenvalue weighted by molar-refractivity contribution is 9.10. The van der Waals surface area contributed by atoms with E-state index in [2.05, 4.69) is 21.2 Å². The summed E-state index contributed by atoms with van der Waals surface area (Å²) in [6.45, 7) is 0. The summed E-state index contributed by atoms with van der Waals surface area (Å²) in [5, 5.41) is 7.01. The predicted molar refractivity (Wildman–Crippen MR) is 71.4 cm³/mol. The van der Waals surface area contributed by atoms with E-state index in [1.165, 1.54) is 11.3 Å². The van der Waals surface area contributed by atoms with Crippen LogP contribution in [0.15, 0.2) is 39.5 Å². The van der Waals surface area contributed by atoms with E-state index in [4.69, 9.17) is 11.6 Å². The first kappa shape index (κ1) is 11.6. The minimum absolute atomic E-state index is 0.125. The second-order valence-electron chi connectivity index (χ2n) is 3.10. The van der Waals surface area contributed by atoms with E-state index in [1.807, 2.05) is 5.38 Å². The van der Waals surface area contributed by atoms with E-state index in [0.717, 1.165) is 4.47 Å². The quantitative estimate of drug-likeness (QED) is 0.873. The third-order valence-corrected chi connectivity index (χ3v) is 3.88. The summed E-state index contributed by atoms with van der Waals surface area (Å²) < 4.78 is 0.808. The fourth-order valence-corrected chi connectivity index (χ4v) is 2.23. The van der Waals surface area contributed by atoms with E-state index in [0.29, 0.717) is 16.3 Å². The molecule has 0 aliphatic heterocycles. The van der Waals surface area contributed by atoms with Gasteiger partial charge in [-0.05, 0) is 45.6 Å². The lowest BCUT2D eigenvalue weighted by molar-refractivity contribution is 0.102. The highest BCUT2D eigenvalue weighted by atomic mass is 79.9. The van der Waals surface area contributed by atoms with Crippen LogP contribution in [0.2, 0.25) is 5.02 Å². The number of amides is 1. The van der Waals surface area contributed by atoms with Gasteiger partial charge in [-0.15, -0.1) is 0 Å². The van der Waals surface area contributed by atoms with Crippen molar-refractivity contribution in [2.24, 2.45) is 0 Å². The lowest BCUT2D eigenvalue weighted by Gasteiger charge is -2.04. The van der Waals surface area contributed by atoms with Crippen LogP contribution in [-0.2, 0) is 0 Å². The number of benzene rings is 1. The van der Waals surface area contributed by atoms with Crippen LogP contribution in [-0.4, -0.2) is 5.91 Å². The van der Waals surface area contributed by atoms with Crippen molar-refractivity contribution in [2.75, 3.05) is 5.32 Å². The van der Waals surface area contributed by atoms with Gasteiger partial charge in [0.05, 0.1) is 10.6 Å². The number of rotatable bonds is 2. The van der Waals surface area contributed by atoms with Gasteiger partial charge >= 0.3 is 0 Å². The second-order valence-corrected chi connectivity index (χ2v) is 5.14. The van der Waals surface area contributed by atoms with Gasteiger partial charge in [0, 0.05) is 15.5 Å². The van der Waals surface area contributed by atoms with E-state index >= 15 is 0 Å². The molecule has 0 unspecified atom stereocenters. The molecule has 1 heterocycles. The van der Waals surface area contributed by atoms with Crippen LogP contribution < -0.4 is 5.32 Å². The minimum atomic E-state index is -0.125. The minimum Gasteiger partial charge on any atom is -0.322 e. The van der Waals surface area contributed by atoms with Crippen LogP contribution in [0, 0.1) is 0 Å². The van der Waals surface area contributed by atoms with Gasteiger partial charge in [0.1, 0.15) is 0 Å². The number of hydrogen-bond donors (Lipinski definition) is 1. The van der Waals surface area contributed by atoms with Gasteiger partial charge in [0.15, 0.2) is 0 Å². The molecule has 0 fully saturated rings. The molecular weight excluding hydrogens is 310 g/mol. The number of anilines is 1. The van der Waals surface area contributed by atoms with Gasteiger partial charge in [-0.3, -0.25) is 4.79 Å². The molecule has 1 aromatic carbocycles. The lowest BCUT2D eigenvalue weighted by atomic mass is 10.3. The van der Waals surface area contributed by atoms with E-state index in [-0.39, 0.29) is 5.91 Å².